The van der Waals surface area contributed by atoms with Crippen molar-refractivity contribution in [2.45, 2.75) is 30.6 Å². The van der Waals surface area contributed by atoms with Crippen molar-refractivity contribution < 1.29 is 8.42 Å². The molecule has 1 aromatic carbocycles. The van der Waals surface area contributed by atoms with Crippen LogP contribution < -0.4 is 10.5 Å². The van der Waals surface area contributed by atoms with Crippen molar-refractivity contribution in [2.24, 2.45) is 17.8 Å². The molecule has 6 heteroatoms. The van der Waals surface area contributed by atoms with E-state index in [1.165, 1.54) is 25.7 Å². The highest BCUT2D eigenvalue weighted by atomic mass is 79.9. The molecule has 0 radical (unpaired) electrons. The largest absolute Gasteiger partial charge is 0.399 e. The van der Waals surface area contributed by atoms with Crippen molar-refractivity contribution in [3.63, 3.8) is 0 Å². The SMILES string of the molecule is Nc1ccc(S(=O)(=O)NCC2CC3CCC2C3)c(Br)c1. The van der Waals surface area contributed by atoms with Gasteiger partial charge in [0.25, 0.3) is 0 Å². The van der Waals surface area contributed by atoms with E-state index in [1.54, 1.807) is 18.2 Å². The number of nitrogen functional groups attached to an aromatic ring is 1. The molecular formula is C14H19BrN2O2S. The zero-order valence-electron chi connectivity index (χ0n) is 11.2. The van der Waals surface area contributed by atoms with Crippen LogP contribution in [0.3, 0.4) is 0 Å². The lowest BCUT2D eigenvalue weighted by molar-refractivity contribution is 0.333. The van der Waals surface area contributed by atoms with Gasteiger partial charge in [-0.05, 0) is 71.1 Å². The van der Waals surface area contributed by atoms with Crippen LogP contribution in [0.4, 0.5) is 5.69 Å². The van der Waals surface area contributed by atoms with Crippen molar-refractivity contribution in [2.75, 3.05) is 12.3 Å². The number of sulfonamides is 1. The van der Waals surface area contributed by atoms with Gasteiger partial charge in [0.1, 0.15) is 0 Å². The number of hydrogen-bond donors (Lipinski definition) is 2. The third kappa shape index (κ3) is 2.73. The highest BCUT2D eigenvalue weighted by molar-refractivity contribution is 9.10. The van der Waals surface area contributed by atoms with Gasteiger partial charge in [-0.3, -0.25) is 0 Å². The van der Waals surface area contributed by atoms with Crippen LogP contribution in [0, 0.1) is 17.8 Å². The fourth-order valence-corrected chi connectivity index (χ4v) is 5.84. The molecule has 3 N–H and O–H groups in total. The Bertz CT molecular complexity index is 618. The summed E-state index contributed by atoms with van der Waals surface area (Å²) in [5, 5.41) is 0. The second-order valence-corrected chi connectivity index (χ2v) is 8.57. The van der Waals surface area contributed by atoms with Crippen molar-refractivity contribution in [3.05, 3.63) is 22.7 Å². The van der Waals surface area contributed by atoms with Crippen LogP contribution in [0.1, 0.15) is 25.7 Å². The summed E-state index contributed by atoms with van der Waals surface area (Å²) in [4.78, 5) is 0.259. The molecule has 1 aromatic rings. The van der Waals surface area contributed by atoms with Crippen LogP contribution in [0.5, 0.6) is 0 Å². The molecule has 20 heavy (non-hydrogen) atoms. The van der Waals surface area contributed by atoms with Crippen LogP contribution in [0.15, 0.2) is 27.6 Å². The van der Waals surface area contributed by atoms with E-state index in [9.17, 15) is 8.42 Å². The summed E-state index contributed by atoms with van der Waals surface area (Å²) in [6.45, 7) is 0.556. The molecule has 2 aliphatic carbocycles. The second-order valence-electron chi connectivity index (χ2n) is 5.98. The van der Waals surface area contributed by atoms with Gasteiger partial charge in [-0.25, -0.2) is 13.1 Å². The summed E-state index contributed by atoms with van der Waals surface area (Å²) >= 11 is 3.27. The van der Waals surface area contributed by atoms with E-state index < -0.39 is 10.0 Å². The molecule has 0 spiro atoms. The summed E-state index contributed by atoms with van der Waals surface area (Å²) < 4.78 is 28.0. The zero-order valence-corrected chi connectivity index (χ0v) is 13.6. The predicted octanol–water partition coefficient (Wildman–Crippen LogP) is 2.75. The monoisotopic (exact) mass is 358 g/mol. The summed E-state index contributed by atoms with van der Waals surface area (Å²) in [6.07, 6.45) is 5.06. The molecule has 0 aromatic heterocycles. The molecule has 0 heterocycles. The maximum Gasteiger partial charge on any atom is 0.241 e. The normalized spacial score (nSPS) is 28.9. The molecule has 4 nitrogen and oxygen atoms in total. The summed E-state index contributed by atoms with van der Waals surface area (Å²) in [6, 6.07) is 4.77. The topological polar surface area (TPSA) is 72.2 Å². The maximum absolute atomic E-state index is 12.3. The average Bonchev–Trinajstić information content (AvgIpc) is 2.98. The first-order valence-electron chi connectivity index (χ1n) is 7.00. The van der Waals surface area contributed by atoms with Crippen LogP contribution in [0.25, 0.3) is 0 Å². The van der Waals surface area contributed by atoms with Gasteiger partial charge in [0.2, 0.25) is 10.0 Å². The summed E-state index contributed by atoms with van der Waals surface area (Å²) in [5.41, 5.74) is 6.19. The van der Waals surface area contributed by atoms with Crippen molar-refractivity contribution in [1.29, 1.82) is 0 Å². The lowest BCUT2D eigenvalue weighted by Crippen LogP contribution is -2.31. The zero-order chi connectivity index (χ0) is 14.3. The van der Waals surface area contributed by atoms with Gasteiger partial charge in [0, 0.05) is 16.7 Å². The van der Waals surface area contributed by atoms with Gasteiger partial charge in [-0.1, -0.05) is 6.42 Å². The highest BCUT2D eigenvalue weighted by Crippen LogP contribution is 2.48. The van der Waals surface area contributed by atoms with E-state index in [-0.39, 0.29) is 4.90 Å². The Morgan fingerprint density at radius 1 is 1.30 bits per heavy atom. The summed E-state index contributed by atoms with van der Waals surface area (Å²) in [5.74, 6) is 2.06. The fraction of sp³-hybridized carbons (Fsp3) is 0.571. The van der Waals surface area contributed by atoms with E-state index in [2.05, 4.69) is 20.7 Å². The molecule has 2 aliphatic rings. The molecule has 2 fully saturated rings. The van der Waals surface area contributed by atoms with Gasteiger partial charge < -0.3 is 5.73 Å². The molecular weight excluding hydrogens is 340 g/mol. The first-order valence-corrected chi connectivity index (χ1v) is 9.28. The lowest BCUT2D eigenvalue weighted by atomic mass is 9.89. The standard InChI is InChI=1S/C14H19BrN2O2S/c15-13-7-12(16)3-4-14(13)20(18,19)17-8-11-6-9-1-2-10(11)5-9/h3-4,7,9-11,17H,1-2,5-6,8,16H2. The molecule has 110 valence electrons. The Morgan fingerprint density at radius 2 is 2.10 bits per heavy atom. The molecule has 0 saturated heterocycles. The quantitative estimate of drug-likeness (QED) is 0.812. The first-order chi connectivity index (χ1) is 9.45. The van der Waals surface area contributed by atoms with Gasteiger partial charge in [0.15, 0.2) is 0 Å². The number of nitrogens with one attached hydrogen (secondary N) is 1. The lowest BCUT2D eigenvalue weighted by Gasteiger charge is -2.22. The molecule has 3 atom stereocenters. The number of rotatable bonds is 4. The number of nitrogens with two attached hydrogens (primary N) is 1. The Balaban J connectivity index is 1.69. The minimum atomic E-state index is -3.46. The van der Waals surface area contributed by atoms with E-state index in [0.29, 0.717) is 22.6 Å². The molecule has 0 aliphatic heterocycles. The van der Waals surface area contributed by atoms with E-state index in [0.717, 1.165) is 11.8 Å². The number of hydrogen-bond acceptors (Lipinski definition) is 3. The number of benzene rings is 1. The highest BCUT2D eigenvalue weighted by Gasteiger charge is 2.39. The maximum atomic E-state index is 12.3. The molecule has 2 bridgehead atoms. The second kappa shape index (κ2) is 5.31. The van der Waals surface area contributed by atoms with Gasteiger partial charge in [0.05, 0.1) is 4.90 Å². The van der Waals surface area contributed by atoms with Crippen LogP contribution >= 0.6 is 15.9 Å². The van der Waals surface area contributed by atoms with Gasteiger partial charge in [-0.2, -0.15) is 0 Å². The van der Waals surface area contributed by atoms with E-state index in [1.807, 2.05) is 0 Å². The van der Waals surface area contributed by atoms with Gasteiger partial charge in [-0.15, -0.1) is 0 Å². The van der Waals surface area contributed by atoms with Gasteiger partial charge >= 0.3 is 0 Å². The predicted molar refractivity (Wildman–Crippen MR) is 82.7 cm³/mol. The Morgan fingerprint density at radius 3 is 2.70 bits per heavy atom. The van der Waals surface area contributed by atoms with Crippen molar-refractivity contribution in [1.82, 2.24) is 4.72 Å². The van der Waals surface area contributed by atoms with E-state index >= 15 is 0 Å². The first kappa shape index (κ1) is 14.4. The molecule has 2 saturated carbocycles. The fourth-order valence-electron chi connectivity index (χ4n) is 3.66. The van der Waals surface area contributed by atoms with Crippen molar-refractivity contribution >= 4 is 31.6 Å². The Labute approximate surface area is 128 Å². The van der Waals surface area contributed by atoms with Crippen LogP contribution in [-0.4, -0.2) is 15.0 Å². The third-order valence-corrected chi connectivity index (χ3v) is 7.07. The van der Waals surface area contributed by atoms with Crippen molar-refractivity contribution in [3.8, 4) is 0 Å². The Kier molecular flexibility index (Phi) is 3.81. The van der Waals surface area contributed by atoms with Crippen LogP contribution in [-0.2, 0) is 10.0 Å². The number of anilines is 1. The average molecular weight is 359 g/mol. The molecule has 0 amide bonds. The van der Waals surface area contributed by atoms with E-state index in [4.69, 9.17) is 5.73 Å². The minimum absolute atomic E-state index is 0.259. The Hall–Kier alpha value is -0.590. The smallest absolute Gasteiger partial charge is 0.241 e. The minimum Gasteiger partial charge on any atom is -0.399 e. The third-order valence-electron chi connectivity index (χ3n) is 4.67. The van der Waals surface area contributed by atoms with Crippen LogP contribution in [0.2, 0.25) is 0 Å². The number of fused-ring (bicyclic) bond motifs is 2. The molecule has 3 rings (SSSR count). The number of halogens is 1. The molecule has 3 unspecified atom stereocenters. The summed E-state index contributed by atoms with van der Waals surface area (Å²) in [7, 11) is -3.46.